The van der Waals surface area contributed by atoms with Crippen molar-refractivity contribution in [2.45, 2.75) is 111 Å². The van der Waals surface area contributed by atoms with E-state index in [4.69, 9.17) is 18.9 Å². The Morgan fingerprint density at radius 3 is 1.07 bits per heavy atom. The van der Waals surface area contributed by atoms with Gasteiger partial charge in [-0.1, -0.05) is 80.5 Å². The van der Waals surface area contributed by atoms with Gasteiger partial charge in [0.05, 0.1) is 78.8 Å². The summed E-state index contributed by atoms with van der Waals surface area (Å²) in [7, 11) is 6.47. The molecule has 16 rings (SSSR count). The van der Waals surface area contributed by atoms with Crippen molar-refractivity contribution in [2.24, 2.45) is 0 Å². The second kappa shape index (κ2) is 39.1. The second-order valence-electron chi connectivity index (χ2n) is 31.4. The van der Waals surface area contributed by atoms with E-state index in [-0.39, 0.29) is 39.8 Å². The third-order valence-corrected chi connectivity index (χ3v) is 23.4. The Labute approximate surface area is 734 Å². The number of para-hydroxylation sites is 1. The van der Waals surface area contributed by atoms with Crippen LogP contribution in [0.25, 0.3) is 43.6 Å². The van der Waals surface area contributed by atoms with E-state index < -0.39 is 17.6 Å². The van der Waals surface area contributed by atoms with Crippen LogP contribution in [0.15, 0.2) is 204 Å². The number of halogens is 3. The van der Waals surface area contributed by atoms with Gasteiger partial charge in [-0.3, -0.25) is 54.4 Å². The minimum Gasteiger partial charge on any atom is -0.497 e. The number of methoxy groups -OCH3 is 4. The second-order valence-corrected chi connectivity index (χ2v) is 35.1. The van der Waals surface area contributed by atoms with E-state index in [1.807, 2.05) is 150 Å². The molecule has 0 aliphatic heterocycles. The zero-order valence-electron chi connectivity index (χ0n) is 70.6. The SMILES string of the molecule is CC(C)(C)c1cc(NC(=O)c2sccc2NCc2ccnc3ccccc23)n[nH]1.COc1cc(OC)c2c(CNc3ccsc3C(=O)Nc3cc(C(C)(C)C)[nH]n3)ccnc2c1.COc1ccc2c(CNc3ccsc3C(=O)Nc3cc(C(C)(C)C)[nH]n3)ccnc2c1.COc1ccc2c(CNc3ccsc3C(=O)Nc3cc(C(F)(F)F)ccn3)ccnc2c1. The summed E-state index contributed by atoms with van der Waals surface area (Å²) >= 11 is 5.35. The minimum absolute atomic E-state index is 0.0566. The van der Waals surface area contributed by atoms with E-state index in [2.05, 4.69) is 166 Å². The quantitative estimate of drug-likeness (QED) is 0.0268. The molecule has 0 atom stereocenters. The molecule has 0 unspecified atom stereocenters. The van der Waals surface area contributed by atoms with Crippen molar-refractivity contribution in [3.8, 4) is 23.0 Å². The van der Waals surface area contributed by atoms with E-state index in [0.717, 1.165) is 124 Å². The topological polar surface area (TPSA) is 352 Å². The summed E-state index contributed by atoms with van der Waals surface area (Å²) < 4.78 is 60.1. The summed E-state index contributed by atoms with van der Waals surface area (Å²) in [5.41, 5.74) is 12.3. The fraction of sp³-hybridized carbons (Fsp3) is 0.231. The number of hydrogen-bond acceptors (Lipinski definition) is 24. The summed E-state index contributed by atoms with van der Waals surface area (Å²) in [6.45, 7) is 20.9. The molecule has 12 heterocycles. The van der Waals surface area contributed by atoms with Crippen molar-refractivity contribution in [3.05, 3.63) is 269 Å². The molecule has 0 aliphatic carbocycles. The normalized spacial score (nSPS) is 11.5. The lowest BCUT2D eigenvalue weighted by Gasteiger charge is -2.14. The van der Waals surface area contributed by atoms with Gasteiger partial charge in [0, 0.05) is 154 Å². The van der Waals surface area contributed by atoms with Gasteiger partial charge in [0.25, 0.3) is 23.6 Å². The van der Waals surface area contributed by atoms with Crippen LogP contribution < -0.4 is 61.5 Å². The molecule has 0 spiro atoms. The van der Waals surface area contributed by atoms with Gasteiger partial charge in [-0.2, -0.15) is 28.5 Å². The van der Waals surface area contributed by atoms with Crippen LogP contribution in [0.3, 0.4) is 0 Å². The number of nitrogens with zero attached hydrogens (tertiary/aromatic N) is 8. The highest BCUT2D eigenvalue weighted by atomic mass is 32.1. The maximum absolute atomic E-state index is 12.9. The number of thiophene rings is 4. The number of benzene rings is 4. The van der Waals surface area contributed by atoms with Crippen LogP contribution in [0, 0.1) is 0 Å². The first kappa shape index (κ1) is 88.9. The summed E-state index contributed by atoms with van der Waals surface area (Å²) in [5.74, 6) is 3.12. The van der Waals surface area contributed by atoms with Crippen molar-refractivity contribution < 1.29 is 51.3 Å². The fourth-order valence-electron chi connectivity index (χ4n) is 12.9. The molecule has 4 amide bonds. The molecule has 27 nitrogen and oxygen atoms in total. The smallest absolute Gasteiger partial charge is 0.416 e. The Kier molecular flexibility index (Phi) is 27.8. The number of amides is 4. The number of nitrogens with one attached hydrogen (secondary N) is 11. The molecule has 0 saturated carbocycles. The van der Waals surface area contributed by atoms with Crippen molar-refractivity contribution in [3.63, 3.8) is 0 Å². The number of ether oxygens (including phenoxy) is 4. The maximum Gasteiger partial charge on any atom is 0.416 e. The lowest BCUT2D eigenvalue weighted by Crippen LogP contribution is -2.15. The zero-order valence-corrected chi connectivity index (χ0v) is 73.8. The summed E-state index contributed by atoms with van der Waals surface area (Å²) in [4.78, 5) is 74.8. The fourth-order valence-corrected chi connectivity index (χ4v) is 16.0. The Hall–Kier alpha value is -13.8. The predicted octanol–water partition coefficient (Wildman–Crippen LogP) is 21.2. The Morgan fingerprint density at radius 2 is 0.696 bits per heavy atom. The van der Waals surface area contributed by atoms with Gasteiger partial charge >= 0.3 is 6.18 Å². The molecule has 0 bridgehead atoms. The van der Waals surface area contributed by atoms with Gasteiger partial charge in [-0.25, -0.2) is 4.98 Å². The van der Waals surface area contributed by atoms with E-state index in [1.54, 1.807) is 58.5 Å². The summed E-state index contributed by atoms with van der Waals surface area (Å²) in [6.07, 6.45) is 3.53. The molecular formula is C91H92F3N19O8S4. The molecule has 0 fully saturated rings. The highest BCUT2D eigenvalue weighted by molar-refractivity contribution is 7.14. The van der Waals surface area contributed by atoms with Crippen LogP contribution in [-0.2, 0) is 48.6 Å². The first-order valence-corrected chi connectivity index (χ1v) is 42.8. The number of anilines is 8. The van der Waals surface area contributed by atoms with Crippen molar-refractivity contribution in [1.29, 1.82) is 0 Å². The molecule has 16 aromatic rings. The lowest BCUT2D eigenvalue weighted by molar-refractivity contribution is -0.137. The van der Waals surface area contributed by atoms with Crippen LogP contribution in [0.4, 0.5) is 59.2 Å². The van der Waals surface area contributed by atoms with Crippen LogP contribution >= 0.6 is 45.3 Å². The number of aromatic amines is 3. The molecule has 0 radical (unpaired) electrons. The van der Waals surface area contributed by atoms with Gasteiger partial charge in [-0.05, 0) is 135 Å². The van der Waals surface area contributed by atoms with Gasteiger partial charge in [0.15, 0.2) is 17.5 Å². The first-order chi connectivity index (χ1) is 59.9. The molecule has 0 aliphatic rings. The van der Waals surface area contributed by atoms with Gasteiger partial charge in [0.1, 0.15) is 48.3 Å². The maximum atomic E-state index is 12.9. The zero-order chi connectivity index (χ0) is 88.7. The first-order valence-electron chi connectivity index (χ1n) is 39.3. The number of aromatic nitrogens is 11. The number of carbonyl (C=O) groups excluding carboxylic acids is 4. The number of pyridine rings is 5. The number of H-pyrrole nitrogens is 3. The molecule has 0 saturated heterocycles. The van der Waals surface area contributed by atoms with E-state index in [1.165, 1.54) is 45.3 Å². The lowest BCUT2D eigenvalue weighted by atomic mass is 9.92. The van der Waals surface area contributed by atoms with E-state index >= 15 is 0 Å². The number of fused-ring (bicyclic) bond motifs is 4. The average Bonchev–Trinajstić information content (AvgIpc) is 1.75. The molecule has 34 heteroatoms. The largest absolute Gasteiger partial charge is 0.497 e. The molecule has 644 valence electrons. The van der Waals surface area contributed by atoms with Gasteiger partial charge in [-0.15, -0.1) is 45.3 Å². The highest BCUT2D eigenvalue weighted by Gasteiger charge is 2.32. The third kappa shape index (κ3) is 22.3. The summed E-state index contributed by atoms with van der Waals surface area (Å²) in [6, 6.07) is 45.7. The molecule has 125 heavy (non-hydrogen) atoms. The van der Waals surface area contributed by atoms with Gasteiger partial charge < -0.3 is 61.5 Å². The Morgan fingerprint density at radius 1 is 0.352 bits per heavy atom. The number of rotatable bonds is 24. The van der Waals surface area contributed by atoms with Crippen LogP contribution in [-0.4, -0.2) is 108 Å². The van der Waals surface area contributed by atoms with Crippen LogP contribution in [0.2, 0.25) is 0 Å². The highest BCUT2D eigenvalue weighted by Crippen LogP contribution is 2.37. The average molecular weight is 1770 g/mol. The van der Waals surface area contributed by atoms with Crippen molar-refractivity contribution in [2.75, 3.05) is 71.0 Å². The Bertz CT molecular complexity index is 6490. The number of hydrogen-bond donors (Lipinski definition) is 11. The third-order valence-electron chi connectivity index (χ3n) is 19.7. The van der Waals surface area contributed by atoms with Crippen LogP contribution in [0.5, 0.6) is 23.0 Å². The molecule has 11 N–H and O–H groups in total. The predicted molar refractivity (Wildman–Crippen MR) is 493 cm³/mol. The minimum atomic E-state index is -4.52. The summed E-state index contributed by atoms with van der Waals surface area (Å²) in [5, 5.41) is 57.5. The van der Waals surface area contributed by atoms with Crippen LogP contribution in [0.1, 0.15) is 146 Å². The number of alkyl halides is 3. The Balaban J connectivity index is 0.000000143. The van der Waals surface area contributed by atoms with E-state index in [0.29, 0.717) is 86.1 Å². The number of carbonyl (C=O) groups is 4. The standard InChI is InChI=1S/C24H27N5O3S.C23H25N5O2S.C22H17F3N4O2S.C22H23N5OS/c1-24(2,3)19-12-20(29-28-19)27-23(30)22-16(7-9-33-22)26-13-14-6-8-25-17-10-15(31-4)11-18(32-5)21(14)17;1-23(2,3)19-12-20(28-27-19)26-22(29)21-17(8-10-31-21)25-13-14-7-9-24-18-11-15(30-4)5-6-16(14)18;1-31-15-2-3-16-13(4-7-26-18(16)11-15)12-28-17-6-9-32-20(17)21(30)29-19-10-14(5-8-27-19)22(23,24)25;1-22(2,3)18-12-19(27-26-18)25-21(28)20-17(9-11-29-20)24-13-14-8-10-23-16-7-5-4-6-15(14)16/h6-12,26H,13H2,1-5H3,(H2,27,28,29,30);5-12,25H,13H2,1-4H3,(H2,26,27,28,29);2-11,28H,12H2,1H3,(H,27,29,30);4-12,24H,13H2,1-3H3,(H2,25,26,27,28). The van der Waals surface area contributed by atoms with Crippen molar-refractivity contribution >= 4 is 159 Å². The van der Waals surface area contributed by atoms with Crippen molar-refractivity contribution in [1.82, 2.24) is 55.5 Å². The molecular weight excluding hydrogens is 1670 g/mol. The van der Waals surface area contributed by atoms with Gasteiger partial charge in [0.2, 0.25) is 0 Å². The molecule has 4 aromatic carbocycles. The molecule has 12 aromatic heterocycles. The monoisotopic (exact) mass is 1760 g/mol. The van der Waals surface area contributed by atoms with E-state index in [9.17, 15) is 32.3 Å².